The van der Waals surface area contributed by atoms with Gasteiger partial charge in [0.25, 0.3) is 0 Å². The number of anilines is 1. The van der Waals surface area contributed by atoms with Gasteiger partial charge in [0.1, 0.15) is 0 Å². The molecule has 2 saturated carbocycles. The lowest BCUT2D eigenvalue weighted by atomic mass is 9.67. The van der Waals surface area contributed by atoms with E-state index in [9.17, 15) is 22.4 Å². The Hall–Kier alpha value is -2.38. The van der Waals surface area contributed by atoms with E-state index in [1.807, 2.05) is 0 Å². The van der Waals surface area contributed by atoms with Crippen LogP contribution in [0.3, 0.4) is 0 Å². The van der Waals surface area contributed by atoms with Crippen LogP contribution in [0.4, 0.5) is 23.4 Å². The SMILES string of the molecule is Cn1nc(NC(=O)C2(C)CC(F)(F)C2)c(C2CCC2)c1-c1ccc(F)c(F)c1. The quantitative estimate of drug-likeness (QED) is 0.740. The number of aromatic nitrogens is 2. The van der Waals surface area contributed by atoms with Crippen LogP contribution in [-0.4, -0.2) is 21.6 Å². The zero-order valence-electron chi connectivity index (χ0n) is 15.7. The fraction of sp³-hybridized carbons (Fsp3) is 0.500. The summed E-state index contributed by atoms with van der Waals surface area (Å²) in [6.07, 6.45) is 1.82. The lowest BCUT2D eigenvalue weighted by Crippen LogP contribution is -2.51. The Balaban J connectivity index is 1.70. The number of carbonyl (C=O) groups excluding carboxylic acids is 1. The summed E-state index contributed by atoms with van der Waals surface area (Å²) in [6, 6.07) is 3.63. The fourth-order valence-corrected chi connectivity index (χ4v) is 4.21. The van der Waals surface area contributed by atoms with Gasteiger partial charge in [0, 0.05) is 31.0 Å². The lowest BCUT2D eigenvalue weighted by molar-refractivity contribution is -0.170. The molecule has 0 saturated heterocycles. The highest BCUT2D eigenvalue weighted by molar-refractivity contribution is 5.96. The van der Waals surface area contributed by atoms with Crippen molar-refractivity contribution in [2.45, 2.75) is 50.9 Å². The van der Waals surface area contributed by atoms with Crippen LogP contribution in [0.5, 0.6) is 0 Å². The maximum Gasteiger partial charge on any atom is 0.250 e. The Morgan fingerprint density at radius 1 is 1.21 bits per heavy atom. The Bertz CT molecular complexity index is 941. The molecule has 1 aromatic carbocycles. The van der Waals surface area contributed by atoms with Crippen LogP contribution < -0.4 is 5.32 Å². The number of hydrogen-bond acceptors (Lipinski definition) is 2. The van der Waals surface area contributed by atoms with Crippen LogP contribution in [0.15, 0.2) is 18.2 Å². The van der Waals surface area contributed by atoms with E-state index in [0.717, 1.165) is 37.0 Å². The molecule has 1 heterocycles. The molecule has 2 aromatic rings. The highest BCUT2D eigenvalue weighted by atomic mass is 19.3. The van der Waals surface area contributed by atoms with Gasteiger partial charge in [-0.25, -0.2) is 17.6 Å². The summed E-state index contributed by atoms with van der Waals surface area (Å²) in [5.74, 6) is -4.77. The van der Waals surface area contributed by atoms with Crippen molar-refractivity contribution < 1.29 is 22.4 Å². The number of alkyl halides is 2. The monoisotopic (exact) mass is 395 g/mol. The molecule has 0 spiro atoms. The number of amides is 1. The number of benzene rings is 1. The van der Waals surface area contributed by atoms with E-state index in [4.69, 9.17) is 0 Å². The maximum atomic E-state index is 13.8. The van der Waals surface area contributed by atoms with E-state index in [0.29, 0.717) is 17.1 Å². The number of carbonyl (C=O) groups is 1. The van der Waals surface area contributed by atoms with Crippen LogP contribution in [-0.2, 0) is 11.8 Å². The Labute approximate surface area is 159 Å². The molecule has 1 N–H and O–H groups in total. The van der Waals surface area contributed by atoms with Crippen molar-refractivity contribution in [2.24, 2.45) is 12.5 Å². The molecule has 4 rings (SSSR count). The molecular weight excluding hydrogens is 374 g/mol. The summed E-state index contributed by atoms with van der Waals surface area (Å²) in [7, 11) is 1.66. The number of hydrogen-bond donors (Lipinski definition) is 1. The molecule has 0 atom stereocenters. The number of aryl methyl sites for hydroxylation is 1. The normalized spacial score (nSPS) is 20.4. The molecule has 150 valence electrons. The smallest absolute Gasteiger partial charge is 0.250 e. The third-order valence-corrected chi connectivity index (χ3v) is 5.87. The van der Waals surface area contributed by atoms with Gasteiger partial charge in [-0.15, -0.1) is 0 Å². The summed E-state index contributed by atoms with van der Waals surface area (Å²) in [4.78, 5) is 12.6. The van der Waals surface area contributed by atoms with E-state index in [1.54, 1.807) is 7.05 Å². The first-order valence-electron chi connectivity index (χ1n) is 9.31. The molecule has 4 nitrogen and oxygen atoms in total. The van der Waals surface area contributed by atoms with Gasteiger partial charge in [-0.1, -0.05) is 13.3 Å². The molecule has 8 heteroatoms. The van der Waals surface area contributed by atoms with Gasteiger partial charge in [0.2, 0.25) is 11.8 Å². The second-order valence-corrected chi connectivity index (χ2v) is 8.22. The average Bonchev–Trinajstić information content (AvgIpc) is 2.82. The summed E-state index contributed by atoms with van der Waals surface area (Å²) in [5.41, 5.74) is 0.670. The van der Waals surface area contributed by atoms with Crippen LogP contribution in [0, 0.1) is 17.0 Å². The molecule has 0 unspecified atom stereocenters. The first-order valence-corrected chi connectivity index (χ1v) is 9.31. The third-order valence-electron chi connectivity index (χ3n) is 5.87. The Morgan fingerprint density at radius 2 is 1.89 bits per heavy atom. The maximum absolute atomic E-state index is 13.8. The van der Waals surface area contributed by atoms with Crippen molar-refractivity contribution in [3.05, 3.63) is 35.4 Å². The zero-order chi connectivity index (χ0) is 20.3. The number of nitrogens with zero attached hydrogens (tertiary/aromatic N) is 2. The van der Waals surface area contributed by atoms with Crippen molar-refractivity contribution in [2.75, 3.05) is 5.32 Å². The van der Waals surface area contributed by atoms with Gasteiger partial charge in [-0.05, 0) is 37.0 Å². The van der Waals surface area contributed by atoms with Crippen LogP contribution in [0.2, 0.25) is 0 Å². The first-order chi connectivity index (χ1) is 13.1. The Kier molecular flexibility index (Phi) is 4.28. The van der Waals surface area contributed by atoms with Crippen molar-refractivity contribution in [3.63, 3.8) is 0 Å². The third kappa shape index (κ3) is 3.08. The highest BCUT2D eigenvalue weighted by Crippen LogP contribution is 2.52. The molecule has 28 heavy (non-hydrogen) atoms. The van der Waals surface area contributed by atoms with Crippen molar-refractivity contribution in [1.82, 2.24) is 9.78 Å². The van der Waals surface area contributed by atoms with Crippen molar-refractivity contribution in [1.29, 1.82) is 0 Å². The number of halogens is 4. The minimum atomic E-state index is -2.82. The van der Waals surface area contributed by atoms with Gasteiger partial charge >= 0.3 is 0 Å². The van der Waals surface area contributed by atoms with Gasteiger partial charge < -0.3 is 5.32 Å². The van der Waals surface area contributed by atoms with Gasteiger partial charge in [0.15, 0.2) is 17.5 Å². The van der Waals surface area contributed by atoms with Crippen LogP contribution >= 0.6 is 0 Å². The second-order valence-electron chi connectivity index (χ2n) is 8.22. The van der Waals surface area contributed by atoms with E-state index in [1.165, 1.54) is 17.7 Å². The van der Waals surface area contributed by atoms with Gasteiger partial charge in [-0.2, -0.15) is 5.10 Å². The number of nitrogens with one attached hydrogen (secondary N) is 1. The molecule has 1 amide bonds. The molecule has 2 aliphatic carbocycles. The molecule has 0 bridgehead atoms. The number of rotatable bonds is 4. The summed E-state index contributed by atoms with van der Waals surface area (Å²) >= 11 is 0. The molecule has 0 aliphatic heterocycles. The summed E-state index contributed by atoms with van der Waals surface area (Å²) < 4.78 is 55.2. The predicted molar refractivity (Wildman–Crippen MR) is 96.1 cm³/mol. The van der Waals surface area contributed by atoms with Crippen LogP contribution in [0.1, 0.15) is 50.5 Å². The van der Waals surface area contributed by atoms with E-state index in [-0.39, 0.29) is 5.92 Å². The molecule has 2 aliphatic rings. The van der Waals surface area contributed by atoms with Gasteiger partial charge in [0.05, 0.1) is 11.1 Å². The fourth-order valence-electron chi connectivity index (χ4n) is 4.21. The van der Waals surface area contributed by atoms with Crippen molar-refractivity contribution in [3.8, 4) is 11.3 Å². The average molecular weight is 395 g/mol. The molecule has 2 fully saturated rings. The second kappa shape index (κ2) is 6.32. The molecule has 0 radical (unpaired) electrons. The predicted octanol–water partition coefficient (Wildman–Crippen LogP) is 5.01. The van der Waals surface area contributed by atoms with E-state index in [2.05, 4.69) is 10.4 Å². The zero-order valence-corrected chi connectivity index (χ0v) is 15.7. The topological polar surface area (TPSA) is 46.9 Å². The summed E-state index contributed by atoms with van der Waals surface area (Å²) in [5, 5.41) is 7.10. The highest BCUT2D eigenvalue weighted by Gasteiger charge is 2.58. The lowest BCUT2D eigenvalue weighted by Gasteiger charge is -2.43. The molecule has 1 aromatic heterocycles. The minimum Gasteiger partial charge on any atom is -0.308 e. The standard InChI is InChI=1S/C20H21F4N3O/c1-19(9-20(23,24)10-19)18(28)25-17-15(11-4-3-5-11)16(27(2)26-17)12-6-7-13(21)14(22)8-12/h6-8,11H,3-5,9-10H2,1-2H3,(H,25,26,28). The van der Waals surface area contributed by atoms with E-state index < -0.39 is 41.7 Å². The minimum absolute atomic E-state index is 0.128. The molecular formula is C20H21F4N3O. The Morgan fingerprint density at radius 3 is 2.43 bits per heavy atom. The van der Waals surface area contributed by atoms with Gasteiger partial charge in [-0.3, -0.25) is 9.48 Å². The summed E-state index contributed by atoms with van der Waals surface area (Å²) in [6.45, 7) is 1.52. The van der Waals surface area contributed by atoms with Crippen molar-refractivity contribution >= 4 is 11.7 Å². The largest absolute Gasteiger partial charge is 0.308 e. The van der Waals surface area contributed by atoms with E-state index >= 15 is 0 Å². The first kappa shape index (κ1) is 19.0. The van der Waals surface area contributed by atoms with Crippen LogP contribution in [0.25, 0.3) is 11.3 Å².